The van der Waals surface area contributed by atoms with Crippen molar-refractivity contribution in [2.45, 2.75) is 19.8 Å². The molecule has 168 valence electrons. The van der Waals surface area contributed by atoms with E-state index >= 15 is 0 Å². The fraction of sp³-hybridized carbons (Fsp3) is 0.125. The SMILES string of the molecule is Cc1ccc(C2=C(Nc3cccc(OC(F)(F)F)c3)C(=O)N(Cc3cccnc3)C2=O)cc1. The Kier molecular flexibility index (Phi) is 5.87. The van der Waals surface area contributed by atoms with Gasteiger partial charge >= 0.3 is 6.36 Å². The lowest BCUT2D eigenvalue weighted by Gasteiger charge is -2.15. The zero-order valence-electron chi connectivity index (χ0n) is 17.4. The van der Waals surface area contributed by atoms with Crippen molar-refractivity contribution in [3.63, 3.8) is 0 Å². The molecule has 2 aromatic carbocycles. The Labute approximate surface area is 187 Å². The summed E-state index contributed by atoms with van der Waals surface area (Å²) >= 11 is 0. The van der Waals surface area contributed by atoms with E-state index in [-0.39, 0.29) is 23.5 Å². The van der Waals surface area contributed by atoms with Gasteiger partial charge in [-0.15, -0.1) is 13.2 Å². The number of amides is 2. The van der Waals surface area contributed by atoms with Gasteiger partial charge in [0, 0.05) is 24.1 Å². The summed E-state index contributed by atoms with van der Waals surface area (Å²) in [6.45, 7) is 1.89. The summed E-state index contributed by atoms with van der Waals surface area (Å²) in [7, 11) is 0. The summed E-state index contributed by atoms with van der Waals surface area (Å²) in [6, 6.07) is 15.6. The van der Waals surface area contributed by atoms with Crippen LogP contribution in [0, 0.1) is 6.92 Å². The molecule has 3 aromatic rings. The van der Waals surface area contributed by atoms with Crippen LogP contribution in [0.25, 0.3) is 5.57 Å². The van der Waals surface area contributed by atoms with Crippen LogP contribution in [0.1, 0.15) is 16.7 Å². The van der Waals surface area contributed by atoms with E-state index in [1.165, 1.54) is 12.1 Å². The second kappa shape index (κ2) is 8.78. The minimum absolute atomic E-state index is 0.00325. The molecule has 0 saturated carbocycles. The number of aryl methyl sites for hydroxylation is 1. The van der Waals surface area contributed by atoms with Crippen molar-refractivity contribution in [3.05, 3.63) is 95.4 Å². The number of nitrogens with one attached hydrogen (secondary N) is 1. The van der Waals surface area contributed by atoms with Crippen LogP contribution in [-0.4, -0.2) is 28.1 Å². The normalized spacial score (nSPS) is 14.1. The molecule has 0 saturated heterocycles. The highest BCUT2D eigenvalue weighted by Gasteiger charge is 2.39. The highest BCUT2D eigenvalue weighted by Crippen LogP contribution is 2.33. The van der Waals surface area contributed by atoms with Crippen LogP contribution >= 0.6 is 0 Å². The van der Waals surface area contributed by atoms with Gasteiger partial charge in [-0.25, -0.2) is 0 Å². The zero-order valence-corrected chi connectivity index (χ0v) is 17.4. The first-order valence-corrected chi connectivity index (χ1v) is 9.90. The molecule has 0 radical (unpaired) electrons. The second-order valence-corrected chi connectivity index (χ2v) is 7.37. The number of carbonyl (C=O) groups excluding carboxylic acids is 2. The molecule has 4 rings (SSSR count). The Morgan fingerprint density at radius 3 is 2.42 bits per heavy atom. The number of alkyl halides is 3. The maximum Gasteiger partial charge on any atom is 0.573 e. The Bertz CT molecular complexity index is 1220. The molecule has 2 heterocycles. The van der Waals surface area contributed by atoms with Gasteiger partial charge < -0.3 is 10.1 Å². The number of rotatable bonds is 6. The number of pyridine rings is 1. The van der Waals surface area contributed by atoms with Crippen molar-refractivity contribution >= 4 is 23.1 Å². The summed E-state index contributed by atoms with van der Waals surface area (Å²) < 4.78 is 41.8. The standard InChI is InChI=1S/C24H18F3N3O3/c1-15-7-9-17(10-8-15)20-21(29-18-5-2-6-19(12-18)33-24(25,26)27)23(32)30(22(20)31)14-16-4-3-11-28-13-16/h2-13,29H,14H2,1H3. The van der Waals surface area contributed by atoms with Crippen molar-refractivity contribution in [1.82, 2.24) is 9.88 Å². The number of carbonyl (C=O) groups is 2. The third-order valence-corrected chi connectivity index (χ3v) is 4.91. The summed E-state index contributed by atoms with van der Waals surface area (Å²) in [5.41, 5.74) is 2.40. The van der Waals surface area contributed by atoms with Crippen LogP contribution in [0.5, 0.6) is 5.75 Å². The summed E-state index contributed by atoms with van der Waals surface area (Å²) in [5.74, 6) is -1.56. The average Bonchev–Trinajstić information content (AvgIpc) is 2.98. The summed E-state index contributed by atoms with van der Waals surface area (Å²) in [6.07, 6.45) is -1.73. The quantitative estimate of drug-likeness (QED) is 0.549. The first-order valence-electron chi connectivity index (χ1n) is 9.90. The van der Waals surface area contributed by atoms with Gasteiger partial charge in [-0.3, -0.25) is 19.5 Å². The Morgan fingerprint density at radius 1 is 1.00 bits per heavy atom. The Balaban J connectivity index is 1.71. The number of aromatic nitrogens is 1. The number of imide groups is 1. The topological polar surface area (TPSA) is 71.5 Å². The second-order valence-electron chi connectivity index (χ2n) is 7.37. The molecule has 1 aromatic heterocycles. The molecular formula is C24H18F3N3O3. The largest absolute Gasteiger partial charge is 0.573 e. The van der Waals surface area contributed by atoms with Crippen LogP contribution in [0.2, 0.25) is 0 Å². The van der Waals surface area contributed by atoms with Gasteiger partial charge in [0.15, 0.2) is 0 Å². The molecule has 1 aliphatic rings. The van der Waals surface area contributed by atoms with Crippen molar-refractivity contribution in [3.8, 4) is 5.75 Å². The average molecular weight is 453 g/mol. The Hall–Kier alpha value is -4.14. The van der Waals surface area contributed by atoms with Gasteiger partial charge in [-0.2, -0.15) is 0 Å². The van der Waals surface area contributed by atoms with E-state index < -0.39 is 23.9 Å². The fourth-order valence-electron chi connectivity index (χ4n) is 3.41. The third-order valence-electron chi connectivity index (χ3n) is 4.91. The van der Waals surface area contributed by atoms with Gasteiger partial charge in [0.05, 0.1) is 12.1 Å². The minimum atomic E-state index is -4.86. The fourth-order valence-corrected chi connectivity index (χ4v) is 3.41. The number of hydrogen-bond acceptors (Lipinski definition) is 5. The number of benzene rings is 2. The van der Waals surface area contributed by atoms with Crippen molar-refractivity contribution in [1.29, 1.82) is 0 Å². The molecule has 33 heavy (non-hydrogen) atoms. The molecule has 2 amide bonds. The molecule has 6 nitrogen and oxygen atoms in total. The van der Waals surface area contributed by atoms with Crippen LogP contribution < -0.4 is 10.1 Å². The predicted octanol–water partition coefficient (Wildman–Crippen LogP) is 4.68. The van der Waals surface area contributed by atoms with E-state index in [1.807, 2.05) is 6.92 Å². The molecule has 1 aliphatic heterocycles. The number of hydrogen-bond donors (Lipinski definition) is 1. The number of halogens is 3. The van der Waals surface area contributed by atoms with Gasteiger partial charge in [0.2, 0.25) is 0 Å². The molecule has 0 bridgehead atoms. The van der Waals surface area contributed by atoms with E-state index in [4.69, 9.17) is 0 Å². The number of ether oxygens (including phenoxy) is 1. The third kappa shape index (κ3) is 5.03. The van der Waals surface area contributed by atoms with E-state index in [2.05, 4.69) is 15.0 Å². The molecule has 1 N–H and O–H groups in total. The van der Waals surface area contributed by atoms with Crippen LogP contribution in [0.3, 0.4) is 0 Å². The van der Waals surface area contributed by atoms with Crippen molar-refractivity contribution in [2.24, 2.45) is 0 Å². The molecule has 0 unspecified atom stereocenters. The van der Waals surface area contributed by atoms with Gasteiger partial charge in [0.25, 0.3) is 11.8 Å². The maximum absolute atomic E-state index is 13.3. The van der Waals surface area contributed by atoms with E-state index in [0.717, 1.165) is 22.6 Å². The highest BCUT2D eigenvalue weighted by atomic mass is 19.4. The molecule has 0 spiro atoms. The maximum atomic E-state index is 13.3. The van der Waals surface area contributed by atoms with E-state index in [9.17, 15) is 22.8 Å². The van der Waals surface area contributed by atoms with Gasteiger partial charge in [0.1, 0.15) is 11.4 Å². The molecular weight excluding hydrogens is 435 g/mol. The van der Waals surface area contributed by atoms with Crippen molar-refractivity contribution in [2.75, 3.05) is 5.32 Å². The zero-order chi connectivity index (χ0) is 23.6. The van der Waals surface area contributed by atoms with E-state index in [1.54, 1.807) is 48.8 Å². The predicted molar refractivity (Wildman–Crippen MR) is 115 cm³/mol. The molecule has 0 atom stereocenters. The minimum Gasteiger partial charge on any atom is -0.406 e. The lowest BCUT2D eigenvalue weighted by Crippen LogP contribution is -2.32. The summed E-state index contributed by atoms with van der Waals surface area (Å²) in [5, 5.41) is 2.83. The monoisotopic (exact) mass is 453 g/mol. The first kappa shape index (κ1) is 22.1. The van der Waals surface area contributed by atoms with Crippen LogP contribution in [0.4, 0.5) is 18.9 Å². The smallest absolute Gasteiger partial charge is 0.406 e. The van der Waals surface area contributed by atoms with Crippen LogP contribution in [-0.2, 0) is 16.1 Å². The number of nitrogens with zero attached hydrogens (tertiary/aromatic N) is 2. The number of anilines is 1. The van der Waals surface area contributed by atoms with Crippen LogP contribution in [0.15, 0.2) is 78.8 Å². The van der Waals surface area contributed by atoms with Gasteiger partial charge in [-0.05, 0) is 36.2 Å². The summed E-state index contributed by atoms with van der Waals surface area (Å²) in [4.78, 5) is 31.6. The molecule has 0 aliphatic carbocycles. The lowest BCUT2D eigenvalue weighted by atomic mass is 10.0. The molecule has 0 fully saturated rings. The molecule has 9 heteroatoms. The lowest BCUT2D eigenvalue weighted by molar-refractivity contribution is -0.274. The van der Waals surface area contributed by atoms with Crippen molar-refractivity contribution < 1.29 is 27.5 Å². The highest BCUT2D eigenvalue weighted by molar-refractivity contribution is 6.36. The van der Waals surface area contributed by atoms with Gasteiger partial charge in [-0.1, -0.05) is 42.0 Å². The first-order chi connectivity index (χ1) is 15.7. The van der Waals surface area contributed by atoms with E-state index in [0.29, 0.717) is 11.1 Å². The Morgan fingerprint density at radius 2 is 1.76 bits per heavy atom.